The number of nitrogens with zero attached hydrogens (tertiary/aromatic N) is 6. The minimum absolute atomic E-state index is 0.103. The second-order valence-corrected chi connectivity index (χ2v) is 12.1. The van der Waals surface area contributed by atoms with Crippen LogP contribution in [0.2, 0.25) is 5.02 Å². The molecule has 8 nitrogen and oxygen atoms in total. The van der Waals surface area contributed by atoms with E-state index in [4.69, 9.17) is 21.3 Å². The van der Waals surface area contributed by atoms with E-state index in [0.29, 0.717) is 48.0 Å². The minimum Gasteiger partial charge on any atom is -0.462 e. The molecule has 10 heteroatoms. The molecule has 2 aromatic carbocycles. The first-order chi connectivity index (χ1) is 20.9. The van der Waals surface area contributed by atoms with Gasteiger partial charge in [0.05, 0.1) is 23.6 Å². The second-order valence-electron chi connectivity index (χ2n) is 11.7. The highest BCUT2D eigenvalue weighted by Gasteiger charge is 2.32. The molecule has 1 amide bonds. The monoisotopic (exact) mass is 602 g/mol. The van der Waals surface area contributed by atoms with Gasteiger partial charge in [-0.25, -0.2) is 4.39 Å². The summed E-state index contributed by atoms with van der Waals surface area (Å²) in [5.74, 6) is -0.236. The molecule has 0 bridgehead atoms. The van der Waals surface area contributed by atoms with Gasteiger partial charge in [-0.05, 0) is 81.0 Å². The molecular formula is C33H36ClFN6O2. The molecule has 0 radical (unpaired) electrons. The van der Waals surface area contributed by atoms with Crippen LogP contribution in [0.3, 0.4) is 0 Å². The molecule has 2 atom stereocenters. The quantitative estimate of drug-likeness (QED) is 0.327. The zero-order valence-electron chi connectivity index (χ0n) is 24.5. The summed E-state index contributed by atoms with van der Waals surface area (Å²) < 4.78 is 22.9. The lowest BCUT2D eigenvalue weighted by atomic mass is 9.85. The highest BCUT2D eigenvalue weighted by atomic mass is 35.5. The number of piperazine rings is 1. The molecule has 0 spiro atoms. The largest absolute Gasteiger partial charge is 0.462 e. The van der Waals surface area contributed by atoms with Crippen molar-refractivity contribution in [1.29, 1.82) is 5.26 Å². The van der Waals surface area contributed by atoms with Crippen molar-refractivity contribution >= 4 is 34.2 Å². The van der Waals surface area contributed by atoms with Crippen LogP contribution in [-0.4, -0.2) is 77.6 Å². The first kappa shape index (κ1) is 29.3. The maximum Gasteiger partial charge on any atom is 0.319 e. The Hall–Kier alpha value is -3.74. The van der Waals surface area contributed by atoms with Gasteiger partial charge in [-0.1, -0.05) is 36.4 Å². The van der Waals surface area contributed by atoms with Gasteiger partial charge in [0.25, 0.3) is 0 Å². The first-order valence-corrected chi connectivity index (χ1v) is 15.5. The molecule has 0 N–H and O–H groups in total. The molecule has 1 aromatic heterocycles. The van der Waals surface area contributed by atoms with Crippen LogP contribution < -0.4 is 9.64 Å². The topological polar surface area (TPSA) is 85.6 Å². The number of hydrogen-bond acceptors (Lipinski definition) is 7. The standard InChI is InChI=1S/C33H36ClFN6O2/c1-3-28(42)41-17-16-40(19-22(41)13-14-36)32-26-18-27(34)29(25-12-6-9-21-8-4-5-11-24(21)25)30(35)31(26)37-33(38-32)43-20-23-10-7-15-39(23)2/h3,6,9,12,18,22-23H,1,4-5,7-8,10-11,13,15-17,19-20H2,2H3/t22-,23-/m0/s1. The van der Waals surface area contributed by atoms with E-state index in [1.807, 2.05) is 17.0 Å². The Morgan fingerprint density at radius 2 is 2.05 bits per heavy atom. The van der Waals surface area contributed by atoms with Crippen molar-refractivity contribution in [3.8, 4) is 23.2 Å². The van der Waals surface area contributed by atoms with E-state index in [9.17, 15) is 10.1 Å². The van der Waals surface area contributed by atoms with E-state index in [2.05, 4.69) is 35.6 Å². The fourth-order valence-corrected chi connectivity index (χ4v) is 7.12. The van der Waals surface area contributed by atoms with Crippen LogP contribution in [0.4, 0.5) is 10.2 Å². The highest BCUT2D eigenvalue weighted by Crippen LogP contribution is 2.42. The van der Waals surface area contributed by atoms with Gasteiger partial charge in [0, 0.05) is 36.6 Å². The number of aryl methyl sites for hydroxylation is 1. The Balaban J connectivity index is 1.46. The van der Waals surface area contributed by atoms with Gasteiger partial charge in [0.1, 0.15) is 17.9 Å². The number of amides is 1. The molecule has 2 saturated heterocycles. The van der Waals surface area contributed by atoms with E-state index in [1.54, 1.807) is 11.0 Å². The summed E-state index contributed by atoms with van der Waals surface area (Å²) >= 11 is 6.90. The van der Waals surface area contributed by atoms with Crippen LogP contribution in [0.5, 0.6) is 6.01 Å². The molecule has 224 valence electrons. The Morgan fingerprint density at radius 3 is 2.81 bits per heavy atom. The summed E-state index contributed by atoms with van der Waals surface area (Å²) in [7, 11) is 2.07. The Kier molecular flexibility index (Phi) is 8.51. The maximum absolute atomic E-state index is 16.8. The molecule has 3 aliphatic rings. The predicted molar refractivity (Wildman–Crippen MR) is 166 cm³/mol. The first-order valence-electron chi connectivity index (χ1n) is 15.1. The number of carbonyl (C=O) groups excluding carboxylic acids is 1. The Labute approximate surface area is 256 Å². The number of fused-ring (bicyclic) bond motifs is 2. The summed E-state index contributed by atoms with van der Waals surface area (Å²) in [4.78, 5) is 27.8. The van der Waals surface area contributed by atoms with Crippen LogP contribution >= 0.6 is 11.6 Å². The third-order valence-electron chi connectivity index (χ3n) is 9.15. The van der Waals surface area contributed by atoms with Crippen molar-refractivity contribution in [3.63, 3.8) is 0 Å². The normalized spacial score (nSPS) is 20.6. The van der Waals surface area contributed by atoms with E-state index >= 15 is 4.39 Å². The average Bonchev–Trinajstić information content (AvgIpc) is 3.44. The van der Waals surface area contributed by atoms with Crippen molar-refractivity contribution in [2.24, 2.45) is 0 Å². The van der Waals surface area contributed by atoms with Crippen LogP contribution in [0.25, 0.3) is 22.0 Å². The number of aromatic nitrogens is 2. The Morgan fingerprint density at radius 1 is 1.21 bits per heavy atom. The Bertz CT molecular complexity index is 1610. The van der Waals surface area contributed by atoms with Crippen molar-refractivity contribution in [2.75, 3.05) is 44.7 Å². The lowest BCUT2D eigenvalue weighted by Gasteiger charge is -2.41. The number of halogens is 2. The fraction of sp³-hybridized carbons (Fsp3) is 0.455. The molecule has 43 heavy (non-hydrogen) atoms. The number of rotatable bonds is 7. The third-order valence-corrected chi connectivity index (χ3v) is 9.45. The van der Waals surface area contributed by atoms with E-state index in [1.165, 1.54) is 11.6 Å². The van der Waals surface area contributed by atoms with Gasteiger partial charge < -0.3 is 19.4 Å². The van der Waals surface area contributed by atoms with Crippen LogP contribution in [0.15, 0.2) is 36.9 Å². The zero-order chi connectivity index (χ0) is 30.1. The zero-order valence-corrected chi connectivity index (χ0v) is 25.2. The van der Waals surface area contributed by atoms with E-state index in [0.717, 1.165) is 56.2 Å². The third kappa shape index (κ3) is 5.66. The van der Waals surface area contributed by atoms with Crippen molar-refractivity contribution in [1.82, 2.24) is 19.8 Å². The molecule has 2 aliphatic heterocycles. The number of ether oxygens (including phenoxy) is 1. The second kappa shape index (κ2) is 12.5. The summed E-state index contributed by atoms with van der Waals surface area (Å²) in [5, 5.41) is 10.3. The molecule has 0 saturated carbocycles. The summed E-state index contributed by atoms with van der Waals surface area (Å²) in [6.45, 7) is 6.17. The maximum atomic E-state index is 16.8. The van der Waals surface area contributed by atoms with Gasteiger partial charge in [0.2, 0.25) is 5.91 Å². The number of likely N-dealkylation sites (N-methyl/N-ethyl adjacent to an activating group) is 1. The van der Waals surface area contributed by atoms with E-state index in [-0.39, 0.29) is 35.9 Å². The number of likely N-dealkylation sites (tertiary alicyclic amines) is 1. The molecule has 6 rings (SSSR count). The van der Waals surface area contributed by atoms with Gasteiger partial charge in [-0.3, -0.25) is 4.79 Å². The van der Waals surface area contributed by atoms with Crippen LogP contribution in [-0.2, 0) is 17.6 Å². The van der Waals surface area contributed by atoms with Gasteiger partial charge >= 0.3 is 6.01 Å². The highest BCUT2D eigenvalue weighted by molar-refractivity contribution is 6.34. The van der Waals surface area contributed by atoms with Crippen LogP contribution in [0.1, 0.15) is 43.2 Å². The minimum atomic E-state index is -0.498. The summed E-state index contributed by atoms with van der Waals surface area (Å²) in [5.41, 5.74) is 3.69. The van der Waals surface area contributed by atoms with Gasteiger partial charge in [-0.15, -0.1) is 0 Å². The number of anilines is 1. The molecular weight excluding hydrogens is 567 g/mol. The lowest BCUT2D eigenvalue weighted by Crippen LogP contribution is -2.55. The summed E-state index contributed by atoms with van der Waals surface area (Å²) in [6, 6.07) is 9.94. The molecule has 0 unspecified atom stereocenters. The molecule has 1 aliphatic carbocycles. The van der Waals surface area contributed by atoms with Gasteiger partial charge in [0.15, 0.2) is 5.82 Å². The SMILES string of the molecule is C=CC(=O)N1CCN(c2nc(OC[C@@H]3CCCN3C)nc3c(F)c(-c4cccc5c4CCCC5)c(Cl)cc23)C[C@@H]1CC#N. The number of nitriles is 1. The van der Waals surface area contributed by atoms with Gasteiger partial charge in [-0.2, -0.15) is 15.2 Å². The molecule has 3 heterocycles. The fourth-order valence-electron chi connectivity index (χ4n) is 6.82. The lowest BCUT2D eigenvalue weighted by molar-refractivity contribution is -0.128. The number of benzene rings is 2. The summed E-state index contributed by atoms with van der Waals surface area (Å²) in [6.07, 6.45) is 7.56. The average molecular weight is 603 g/mol. The number of hydrogen-bond donors (Lipinski definition) is 0. The van der Waals surface area contributed by atoms with Crippen molar-refractivity contribution in [3.05, 3.63) is 58.9 Å². The van der Waals surface area contributed by atoms with Crippen LogP contribution in [0, 0.1) is 17.1 Å². The van der Waals surface area contributed by atoms with Crippen molar-refractivity contribution in [2.45, 2.75) is 57.0 Å². The molecule has 2 fully saturated rings. The smallest absolute Gasteiger partial charge is 0.319 e. The number of carbonyl (C=O) groups is 1. The predicted octanol–water partition coefficient (Wildman–Crippen LogP) is 5.56. The molecule has 3 aromatic rings. The van der Waals surface area contributed by atoms with E-state index < -0.39 is 5.82 Å². The van der Waals surface area contributed by atoms with Crippen molar-refractivity contribution < 1.29 is 13.9 Å².